The quantitative estimate of drug-likeness (QED) is 0.892. The van der Waals surface area contributed by atoms with Gasteiger partial charge in [0.1, 0.15) is 11.6 Å². The Labute approximate surface area is 106 Å². The van der Waals surface area contributed by atoms with Gasteiger partial charge in [-0.2, -0.15) is 0 Å². The van der Waals surface area contributed by atoms with Crippen LogP contribution in [0.25, 0.3) is 0 Å². The van der Waals surface area contributed by atoms with E-state index >= 15 is 0 Å². The smallest absolute Gasteiger partial charge is 0.129 e. The molecule has 0 aromatic heterocycles. The molecule has 2 unspecified atom stereocenters. The van der Waals surface area contributed by atoms with Crippen molar-refractivity contribution in [1.82, 2.24) is 5.32 Å². The fourth-order valence-corrected chi connectivity index (χ4v) is 2.31. The number of hydrogen-bond donors (Lipinski definition) is 1. The molecule has 100 valence electrons. The first-order valence-electron chi connectivity index (χ1n) is 6.50. The zero-order valence-corrected chi connectivity index (χ0v) is 10.6. The van der Waals surface area contributed by atoms with Crippen LogP contribution in [0, 0.1) is 11.6 Å². The number of rotatable bonds is 4. The van der Waals surface area contributed by atoms with Crippen molar-refractivity contribution in [2.75, 3.05) is 13.2 Å². The third-order valence-corrected chi connectivity index (χ3v) is 3.27. The third kappa shape index (κ3) is 3.27. The lowest BCUT2D eigenvalue weighted by molar-refractivity contribution is -0.00175. The average Bonchev–Trinajstić information content (AvgIpc) is 2.39. The van der Waals surface area contributed by atoms with Crippen molar-refractivity contribution in [3.05, 3.63) is 35.4 Å². The van der Waals surface area contributed by atoms with Gasteiger partial charge in [0, 0.05) is 18.2 Å². The summed E-state index contributed by atoms with van der Waals surface area (Å²) in [6.07, 6.45) is 2.34. The van der Waals surface area contributed by atoms with Crippen molar-refractivity contribution < 1.29 is 13.5 Å². The molecule has 1 aliphatic rings. The molecule has 0 aliphatic carbocycles. The van der Waals surface area contributed by atoms with Gasteiger partial charge in [0.05, 0.1) is 6.10 Å². The molecule has 1 heterocycles. The minimum Gasteiger partial charge on any atom is -0.373 e. The summed E-state index contributed by atoms with van der Waals surface area (Å²) in [5, 5.41) is 3.41. The van der Waals surface area contributed by atoms with Crippen LogP contribution in [0.2, 0.25) is 0 Å². The van der Waals surface area contributed by atoms with Crippen LogP contribution in [0.15, 0.2) is 18.2 Å². The average molecular weight is 255 g/mol. The maximum absolute atomic E-state index is 13.7. The Morgan fingerprint density at radius 1 is 1.39 bits per heavy atom. The molecule has 1 fully saturated rings. The molecule has 1 aromatic carbocycles. The summed E-state index contributed by atoms with van der Waals surface area (Å²) in [5.74, 6) is -0.809. The van der Waals surface area contributed by atoms with Crippen LogP contribution < -0.4 is 5.32 Å². The van der Waals surface area contributed by atoms with Crippen molar-refractivity contribution >= 4 is 0 Å². The molecule has 0 spiro atoms. The highest BCUT2D eigenvalue weighted by molar-refractivity contribution is 5.21. The topological polar surface area (TPSA) is 21.3 Å². The molecular formula is C14H19F2NO. The van der Waals surface area contributed by atoms with Crippen LogP contribution >= 0.6 is 0 Å². The molecule has 1 aliphatic heterocycles. The third-order valence-electron chi connectivity index (χ3n) is 3.27. The van der Waals surface area contributed by atoms with Gasteiger partial charge in [-0.25, -0.2) is 8.78 Å². The predicted molar refractivity (Wildman–Crippen MR) is 66.4 cm³/mol. The zero-order valence-electron chi connectivity index (χ0n) is 10.6. The molecule has 1 aromatic rings. The van der Waals surface area contributed by atoms with Crippen LogP contribution in [0.1, 0.15) is 37.9 Å². The second-order valence-electron chi connectivity index (χ2n) is 4.70. The fraction of sp³-hybridized carbons (Fsp3) is 0.571. The Bertz CT molecular complexity index is 397. The Morgan fingerprint density at radius 2 is 2.22 bits per heavy atom. The van der Waals surface area contributed by atoms with Crippen molar-refractivity contribution in [2.45, 2.75) is 38.3 Å². The van der Waals surface area contributed by atoms with Gasteiger partial charge in [-0.05, 0) is 44.0 Å². The van der Waals surface area contributed by atoms with Crippen molar-refractivity contribution in [2.24, 2.45) is 0 Å². The van der Waals surface area contributed by atoms with Crippen LogP contribution in [-0.2, 0) is 4.74 Å². The minimum absolute atomic E-state index is 0.325. The van der Waals surface area contributed by atoms with E-state index in [1.165, 1.54) is 6.07 Å². The van der Waals surface area contributed by atoms with E-state index in [-0.39, 0.29) is 6.10 Å². The first-order valence-corrected chi connectivity index (χ1v) is 6.50. The minimum atomic E-state index is -0.418. The molecule has 2 rings (SSSR count). The summed E-state index contributed by atoms with van der Waals surface area (Å²) in [4.78, 5) is 0. The number of nitrogens with one attached hydrogen (secondary N) is 1. The van der Waals surface area contributed by atoms with E-state index in [1.54, 1.807) is 0 Å². The fourth-order valence-electron chi connectivity index (χ4n) is 2.31. The molecule has 1 N–H and O–H groups in total. The molecule has 2 atom stereocenters. The molecule has 0 radical (unpaired) electrons. The summed E-state index contributed by atoms with van der Waals surface area (Å²) in [6, 6.07) is 3.86. The van der Waals surface area contributed by atoms with Crippen LogP contribution in [0.5, 0.6) is 0 Å². The second kappa shape index (κ2) is 6.25. The Hall–Kier alpha value is -1.00. The van der Waals surface area contributed by atoms with Gasteiger partial charge in [-0.1, -0.05) is 6.92 Å². The van der Waals surface area contributed by atoms with E-state index in [9.17, 15) is 8.78 Å². The molecule has 0 bridgehead atoms. The number of ether oxygens (including phenoxy) is 1. The first-order chi connectivity index (χ1) is 8.70. The Kier molecular flexibility index (Phi) is 4.66. The van der Waals surface area contributed by atoms with Crippen LogP contribution in [-0.4, -0.2) is 19.2 Å². The molecule has 2 nitrogen and oxygen atoms in total. The number of benzene rings is 1. The standard InChI is InChI=1S/C14H19F2NO/c1-2-6-17-11-5-7-18-14(9-11)12-8-10(15)3-4-13(12)16/h3-4,8,11,14,17H,2,5-7,9H2,1H3. The van der Waals surface area contributed by atoms with Crippen molar-refractivity contribution in [3.8, 4) is 0 Å². The van der Waals surface area contributed by atoms with Gasteiger partial charge in [-0.15, -0.1) is 0 Å². The normalized spacial score (nSPS) is 24.2. The maximum Gasteiger partial charge on any atom is 0.129 e. The molecule has 18 heavy (non-hydrogen) atoms. The largest absolute Gasteiger partial charge is 0.373 e. The van der Waals surface area contributed by atoms with Gasteiger partial charge < -0.3 is 10.1 Å². The Morgan fingerprint density at radius 3 is 3.00 bits per heavy atom. The summed E-state index contributed by atoms with van der Waals surface area (Å²) in [5.41, 5.74) is 0.331. The molecular weight excluding hydrogens is 236 g/mol. The highest BCUT2D eigenvalue weighted by Crippen LogP contribution is 2.30. The summed E-state index contributed by atoms with van der Waals surface area (Å²) in [6.45, 7) is 3.64. The lowest BCUT2D eigenvalue weighted by Crippen LogP contribution is -2.36. The summed E-state index contributed by atoms with van der Waals surface area (Å²) in [7, 11) is 0. The van der Waals surface area contributed by atoms with Crippen LogP contribution in [0.3, 0.4) is 0 Å². The van der Waals surface area contributed by atoms with Crippen LogP contribution in [0.4, 0.5) is 8.78 Å². The SMILES string of the molecule is CCCNC1CCOC(c2cc(F)ccc2F)C1. The first kappa shape index (κ1) is 13.4. The maximum atomic E-state index is 13.7. The monoisotopic (exact) mass is 255 g/mol. The van der Waals surface area contributed by atoms with Gasteiger partial charge in [0.15, 0.2) is 0 Å². The van der Waals surface area contributed by atoms with Crippen molar-refractivity contribution in [1.29, 1.82) is 0 Å². The van der Waals surface area contributed by atoms with Gasteiger partial charge in [0.2, 0.25) is 0 Å². The van der Waals surface area contributed by atoms with Gasteiger partial charge in [-0.3, -0.25) is 0 Å². The summed E-state index contributed by atoms with van der Waals surface area (Å²) >= 11 is 0. The molecule has 1 saturated heterocycles. The highest BCUT2D eigenvalue weighted by Gasteiger charge is 2.25. The molecule has 0 saturated carbocycles. The van der Waals surface area contributed by atoms with E-state index in [1.807, 2.05) is 0 Å². The molecule has 4 heteroatoms. The van der Waals surface area contributed by atoms with Gasteiger partial charge in [0.25, 0.3) is 0 Å². The predicted octanol–water partition coefficient (Wildman–Crippen LogP) is 3.18. The highest BCUT2D eigenvalue weighted by atomic mass is 19.1. The van der Waals surface area contributed by atoms with E-state index in [0.29, 0.717) is 24.6 Å². The molecule has 0 amide bonds. The summed E-state index contributed by atoms with van der Waals surface area (Å²) < 4.78 is 32.4. The second-order valence-corrected chi connectivity index (χ2v) is 4.70. The number of hydrogen-bond acceptors (Lipinski definition) is 2. The van der Waals surface area contributed by atoms with E-state index in [2.05, 4.69) is 12.2 Å². The zero-order chi connectivity index (χ0) is 13.0. The van der Waals surface area contributed by atoms with E-state index < -0.39 is 11.6 Å². The van der Waals surface area contributed by atoms with Crippen molar-refractivity contribution in [3.63, 3.8) is 0 Å². The van der Waals surface area contributed by atoms with E-state index in [0.717, 1.165) is 31.5 Å². The van der Waals surface area contributed by atoms with E-state index in [4.69, 9.17) is 4.74 Å². The Balaban J connectivity index is 2.05. The lowest BCUT2D eigenvalue weighted by Gasteiger charge is -2.30. The number of halogens is 2. The lowest BCUT2D eigenvalue weighted by atomic mass is 9.97. The van der Waals surface area contributed by atoms with Gasteiger partial charge >= 0.3 is 0 Å².